The maximum absolute atomic E-state index is 14.8. The summed E-state index contributed by atoms with van der Waals surface area (Å²) >= 11 is 6.12. The molecule has 0 aliphatic carbocycles. The van der Waals surface area contributed by atoms with Crippen molar-refractivity contribution in [3.63, 3.8) is 0 Å². The van der Waals surface area contributed by atoms with E-state index in [1.54, 1.807) is 34.9 Å². The Morgan fingerprint density at radius 3 is 2.77 bits per heavy atom. The van der Waals surface area contributed by atoms with Gasteiger partial charge in [0.15, 0.2) is 0 Å². The lowest BCUT2D eigenvalue weighted by atomic mass is 10.0. The Balaban J connectivity index is 1.54. The Labute approximate surface area is 184 Å². The number of fused-ring (bicyclic) bond motifs is 1. The molecule has 31 heavy (non-hydrogen) atoms. The number of halogens is 3. The molecule has 0 spiro atoms. The number of rotatable bonds is 5. The van der Waals surface area contributed by atoms with Gasteiger partial charge in [-0.15, -0.1) is 0 Å². The summed E-state index contributed by atoms with van der Waals surface area (Å²) in [5, 5.41) is 3.26. The van der Waals surface area contributed by atoms with Gasteiger partial charge in [-0.1, -0.05) is 18.2 Å². The highest BCUT2D eigenvalue weighted by Gasteiger charge is 2.32. The number of carbonyl (C=O) groups excluding carboxylic acids is 1. The van der Waals surface area contributed by atoms with Crippen LogP contribution in [0.25, 0.3) is 0 Å². The molecular formula is C21H24ClF2N5O2. The molecule has 3 heterocycles. The van der Waals surface area contributed by atoms with E-state index >= 15 is 0 Å². The highest BCUT2D eigenvalue weighted by Crippen LogP contribution is 2.32. The lowest BCUT2D eigenvalue weighted by Gasteiger charge is -2.30. The molecule has 0 radical (unpaired) electrons. The SMILES string of the molecule is C[C@@H](Nc1nc(Cl)nc2c1CN(C(=O)N1CCOCC1)C2)c1cccc(CCF)c1F. The first-order valence-corrected chi connectivity index (χ1v) is 10.6. The van der Waals surface area contributed by atoms with Gasteiger partial charge < -0.3 is 19.9 Å². The number of nitrogens with zero attached hydrogens (tertiary/aromatic N) is 4. The molecule has 166 valence electrons. The molecule has 1 atom stereocenters. The molecule has 1 N–H and O–H groups in total. The van der Waals surface area contributed by atoms with Gasteiger partial charge in [0.1, 0.15) is 11.6 Å². The van der Waals surface area contributed by atoms with Crippen molar-refractivity contribution in [3.8, 4) is 0 Å². The number of aryl methyl sites for hydroxylation is 1. The van der Waals surface area contributed by atoms with Crippen molar-refractivity contribution < 1.29 is 18.3 Å². The summed E-state index contributed by atoms with van der Waals surface area (Å²) in [6, 6.07) is 4.42. The molecule has 0 unspecified atom stereocenters. The van der Waals surface area contributed by atoms with Crippen LogP contribution < -0.4 is 5.32 Å². The van der Waals surface area contributed by atoms with E-state index in [0.717, 1.165) is 5.56 Å². The van der Waals surface area contributed by atoms with E-state index < -0.39 is 18.5 Å². The van der Waals surface area contributed by atoms with Gasteiger partial charge >= 0.3 is 6.03 Å². The second-order valence-electron chi connectivity index (χ2n) is 7.63. The molecular weight excluding hydrogens is 428 g/mol. The number of carbonyl (C=O) groups is 1. The van der Waals surface area contributed by atoms with Crippen molar-refractivity contribution in [1.29, 1.82) is 0 Å². The number of nitrogens with one attached hydrogen (secondary N) is 1. The van der Waals surface area contributed by atoms with Crippen LogP contribution in [0.3, 0.4) is 0 Å². The quantitative estimate of drug-likeness (QED) is 0.701. The molecule has 10 heteroatoms. The van der Waals surface area contributed by atoms with Crippen LogP contribution in [-0.2, 0) is 24.2 Å². The summed E-state index contributed by atoms with van der Waals surface area (Å²) in [5.74, 6) is 0.0381. The average Bonchev–Trinajstić information content (AvgIpc) is 3.19. The minimum absolute atomic E-state index is 0.0275. The maximum atomic E-state index is 14.8. The van der Waals surface area contributed by atoms with Crippen molar-refractivity contribution >= 4 is 23.4 Å². The van der Waals surface area contributed by atoms with E-state index in [9.17, 15) is 13.6 Å². The highest BCUT2D eigenvalue weighted by atomic mass is 35.5. The number of benzene rings is 1. The van der Waals surface area contributed by atoms with Crippen LogP contribution in [0.1, 0.15) is 35.3 Å². The molecule has 2 aromatic rings. The van der Waals surface area contributed by atoms with Gasteiger partial charge in [-0.3, -0.25) is 4.39 Å². The number of anilines is 1. The lowest BCUT2D eigenvalue weighted by Crippen LogP contribution is -2.46. The van der Waals surface area contributed by atoms with E-state index in [2.05, 4.69) is 15.3 Å². The number of urea groups is 1. The van der Waals surface area contributed by atoms with Gasteiger partial charge in [0.2, 0.25) is 5.28 Å². The maximum Gasteiger partial charge on any atom is 0.320 e. The van der Waals surface area contributed by atoms with E-state index in [0.29, 0.717) is 62.0 Å². The van der Waals surface area contributed by atoms with Crippen molar-refractivity contribution in [1.82, 2.24) is 19.8 Å². The first-order valence-electron chi connectivity index (χ1n) is 10.2. The number of hydrogen-bond acceptors (Lipinski definition) is 5. The molecule has 2 aliphatic rings. The predicted molar refractivity (Wildman–Crippen MR) is 112 cm³/mol. The van der Waals surface area contributed by atoms with Gasteiger partial charge in [-0.25, -0.2) is 19.2 Å². The molecule has 2 amide bonds. The topological polar surface area (TPSA) is 70.6 Å². The summed E-state index contributed by atoms with van der Waals surface area (Å²) in [6.07, 6.45) is 0.0275. The molecule has 2 aliphatic heterocycles. The van der Waals surface area contributed by atoms with E-state index in [-0.39, 0.29) is 17.7 Å². The fourth-order valence-electron chi connectivity index (χ4n) is 3.95. The Morgan fingerprint density at radius 2 is 2.03 bits per heavy atom. The van der Waals surface area contributed by atoms with Crippen molar-refractivity contribution in [2.24, 2.45) is 0 Å². The summed E-state index contributed by atoms with van der Waals surface area (Å²) in [4.78, 5) is 24.9. The number of aromatic nitrogens is 2. The Morgan fingerprint density at radius 1 is 1.26 bits per heavy atom. The fraction of sp³-hybridized carbons (Fsp3) is 0.476. The largest absolute Gasteiger partial charge is 0.378 e. The molecule has 4 rings (SSSR count). The molecule has 7 nitrogen and oxygen atoms in total. The third-order valence-corrected chi connectivity index (χ3v) is 5.77. The second kappa shape index (κ2) is 9.32. The van der Waals surface area contributed by atoms with Gasteiger partial charge in [0.05, 0.1) is 44.7 Å². The number of morpholine rings is 1. The zero-order valence-corrected chi connectivity index (χ0v) is 18.0. The summed E-state index contributed by atoms with van der Waals surface area (Å²) in [6.45, 7) is 3.99. The van der Waals surface area contributed by atoms with E-state index in [4.69, 9.17) is 16.3 Å². The Hall–Kier alpha value is -2.52. The van der Waals surface area contributed by atoms with Gasteiger partial charge in [-0.2, -0.15) is 0 Å². The molecule has 1 saturated heterocycles. The second-order valence-corrected chi connectivity index (χ2v) is 7.97. The van der Waals surface area contributed by atoms with Crippen LogP contribution in [0.5, 0.6) is 0 Å². The normalized spacial score (nSPS) is 16.9. The Kier molecular flexibility index (Phi) is 6.52. The fourth-order valence-corrected chi connectivity index (χ4v) is 4.13. The van der Waals surface area contributed by atoms with Crippen LogP contribution >= 0.6 is 11.6 Å². The summed E-state index contributed by atoms with van der Waals surface area (Å²) in [7, 11) is 0. The van der Waals surface area contributed by atoms with Crippen LogP contribution in [-0.4, -0.2) is 58.8 Å². The smallest absolute Gasteiger partial charge is 0.320 e. The minimum Gasteiger partial charge on any atom is -0.378 e. The molecule has 1 fully saturated rings. The van der Waals surface area contributed by atoms with Crippen LogP contribution in [0, 0.1) is 5.82 Å². The van der Waals surface area contributed by atoms with Crippen LogP contribution in [0.15, 0.2) is 18.2 Å². The third-order valence-electron chi connectivity index (χ3n) is 5.60. The van der Waals surface area contributed by atoms with Crippen molar-refractivity contribution in [2.75, 3.05) is 38.3 Å². The zero-order valence-electron chi connectivity index (χ0n) is 17.2. The molecule has 0 bridgehead atoms. The minimum atomic E-state index is -0.621. The van der Waals surface area contributed by atoms with Crippen molar-refractivity contribution in [2.45, 2.75) is 32.5 Å². The molecule has 1 aromatic heterocycles. The van der Waals surface area contributed by atoms with Gasteiger partial charge in [0.25, 0.3) is 0 Å². The first kappa shape index (κ1) is 21.7. The number of hydrogen-bond donors (Lipinski definition) is 1. The first-order chi connectivity index (χ1) is 15.0. The highest BCUT2D eigenvalue weighted by molar-refractivity contribution is 6.28. The monoisotopic (exact) mass is 451 g/mol. The number of alkyl halides is 1. The summed E-state index contributed by atoms with van der Waals surface area (Å²) in [5.41, 5.74) is 2.18. The molecule has 0 saturated carbocycles. The predicted octanol–water partition coefficient (Wildman–Crippen LogP) is 3.72. The third kappa shape index (κ3) is 4.57. The lowest BCUT2D eigenvalue weighted by molar-refractivity contribution is 0.0429. The number of ether oxygens (including phenoxy) is 1. The van der Waals surface area contributed by atoms with Gasteiger partial charge in [-0.05, 0) is 24.1 Å². The van der Waals surface area contributed by atoms with Crippen molar-refractivity contribution in [3.05, 3.63) is 51.7 Å². The summed E-state index contributed by atoms with van der Waals surface area (Å²) < 4.78 is 32.8. The average molecular weight is 452 g/mol. The van der Waals surface area contributed by atoms with E-state index in [1.165, 1.54) is 0 Å². The van der Waals surface area contributed by atoms with Gasteiger partial charge in [0, 0.05) is 30.6 Å². The van der Waals surface area contributed by atoms with Crippen LogP contribution in [0.4, 0.5) is 19.4 Å². The number of amides is 2. The standard InChI is InChI=1S/C21H24ClF2N5O2/c1-13(15-4-2-3-14(5-6-23)18(15)24)25-19-16-11-29(12-17(16)26-20(22)27-19)21(30)28-7-9-31-10-8-28/h2-4,13H,5-12H2,1H3,(H,25,26,27)/t13-/m1/s1. The van der Waals surface area contributed by atoms with E-state index in [1.807, 2.05) is 0 Å². The zero-order chi connectivity index (χ0) is 22.0. The van der Waals surface area contributed by atoms with Crippen LogP contribution in [0.2, 0.25) is 5.28 Å². The molecule has 1 aromatic carbocycles. The Bertz CT molecular complexity index is 971.